The number of rotatable bonds is 5. The summed E-state index contributed by atoms with van der Waals surface area (Å²) in [7, 11) is 0. The van der Waals surface area contributed by atoms with Crippen molar-refractivity contribution in [3.63, 3.8) is 0 Å². The molecule has 4 heteroatoms. The lowest BCUT2D eigenvalue weighted by atomic mass is 10.5. The van der Waals surface area contributed by atoms with Gasteiger partial charge in [-0.05, 0) is 11.4 Å². The maximum absolute atomic E-state index is 10.5. The smallest absolute Gasteiger partial charge is 0.216 e. The Balaban J connectivity index is 1.99. The first-order valence-corrected chi connectivity index (χ1v) is 6.17. The van der Waals surface area contributed by atoms with Gasteiger partial charge in [0.1, 0.15) is 0 Å². The quantitative estimate of drug-likeness (QED) is 0.762. The summed E-state index contributed by atoms with van der Waals surface area (Å²) < 4.78 is 0. The van der Waals surface area contributed by atoms with Crippen LogP contribution in [0.25, 0.3) is 0 Å². The highest BCUT2D eigenvalue weighted by atomic mass is 32.2. The number of thioether (sulfide) groups is 1. The second kappa shape index (κ2) is 6.05. The van der Waals surface area contributed by atoms with E-state index in [1.54, 1.807) is 18.3 Å². The average Bonchev–Trinajstić information content (AvgIpc) is 2.55. The van der Waals surface area contributed by atoms with Crippen molar-refractivity contribution in [2.45, 2.75) is 12.7 Å². The second-order valence-corrected chi connectivity index (χ2v) is 4.75. The summed E-state index contributed by atoms with van der Waals surface area (Å²) in [4.78, 5) is 11.9. The highest BCUT2D eigenvalue weighted by molar-refractivity contribution is 7.98. The molecule has 1 N–H and O–H groups in total. The Labute approximate surface area is 86.7 Å². The van der Waals surface area contributed by atoms with Gasteiger partial charge in [0.2, 0.25) is 5.91 Å². The minimum Gasteiger partial charge on any atom is -0.356 e. The van der Waals surface area contributed by atoms with E-state index in [-0.39, 0.29) is 5.91 Å². The fraction of sp³-hybridized carbons (Fsp3) is 0.444. The van der Waals surface area contributed by atoms with Gasteiger partial charge in [-0.1, -0.05) is 6.07 Å². The molecule has 0 aliphatic heterocycles. The van der Waals surface area contributed by atoms with Gasteiger partial charge in [0.25, 0.3) is 0 Å². The fourth-order valence-corrected chi connectivity index (χ4v) is 2.57. The van der Waals surface area contributed by atoms with E-state index in [2.05, 4.69) is 22.8 Å². The van der Waals surface area contributed by atoms with Crippen LogP contribution in [0.15, 0.2) is 17.5 Å². The minimum absolute atomic E-state index is 0.0525. The Morgan fingerprint density at radius 3 is 3.15 bits per heavy atom. The van der Waals surface area contributed by atoms with Crippen molar-refractivity contribution < 1.29 is 4.79 Å². The molecular weight excluding hydrogens is 202 g/mol. The molecule has 0 aliphatic rings. The van der Waals surface area contributed by atoms with E-state index in [0.29, 0.717) is 0 Å². The fourth-order valence-electron chi connectivity index (χ4n) is 0.867. The van der Waals surface area contributed by atoms with Crippen LogP contribution in [0.4, 0.5) is 0 Å². The first-order valence-electron chi connectivity index (χ1n) is 4.13. The van der Waals surface area contributed by atoms with Crippen molar-refractivity contribution >= 4 is 29.0 Å². The largest absolute Gasteiger partial charge is 0.356 e. The van der Waals surface area contributed by atoms with E-state index >= 15 is 0 Å². The van der Waals surface area contributed by atoms with Crippen LogP contribution in [0.1, 0.15) is 11.8 Å². The number of nitrogens with one attached hydrogen (secondary N) is 1. The molecule has 0 atom stereocenters. The van der Waals surface area contributed by atoms with E-state index in [1.165, 1.54) is 4.88 Å². The summed E-state index contributed by atoms with van der Waals surface area (Å²) in [5.41, 5.74) is 0. The van der Waals surface area contributed by atoms with Crippen LogP contribution in [0.5, 0.6) is 0 Å². The molecule has 1 aromatic rings. The third-order valence-electron chi connectivity index (χ3n) is 1.44. The summed E-state index contributed by atoms with van der Waals surface area (Å²) in [6.45, 7) is 2.31. The standard InChI is InChI=1S/C9H13NOS2/c1-8(11)10-4-6-12-7-9-3-2-5-13-9/h2-3,5H,4,6-7H2,1H3,(H,10,11). The monoisotopic (exact) mass is 215 g/mol. The topological polar surface area (TPSA) is 29.1 Å². The Bertz CT molecular complexity index is 246. The molecule has 72 valence electrons. The van der Waals surface area contributed by atoms with Crippen LogP contribution in [0.3, 0.4) is 0 Å². The molecule has 0 aliphatic carbocycles. The van der Waals surface area contributed by atoms with E-state index < -0.39 is 0 Å². The minimum atomic E-state index is 0.0525. The molecule has 0 radical (unpaired) electrons. The number of amides is 1. The van der Waals surface area contributed by atoms with Gasteiger partial charge >= 0.3 is 0 Å². The predicted molar refractivity (Wildman–Crippen MR) is 59.2 cm³/mol. The lowest BCUT2D eigenvalue weighted by molar-refractivity contribution is -0.118. The van der Waals surface area contributed by atoms with Crippen molar-refractivity contribution in [3.8, 4) is 0 Å². The van der Waals surface area contributed by atoms with Crippen molar-refractivity contribution in [2.75, 3.05) is 12.3 Å². The summed E-state index contributed by atoms with van der Waals surface area (Å²) in [5, 5.41) is 4.86. The van der Waals surface area contributed by atoms with E-state index in [0.717, 1.165) is 18.1 Å². The highest BCUT2D eigenvalue weighted by Gasteiger charge is 1.94. The molecule has 2 nitrogen and oxygen atoms in total. The normalized spacial score (nSPS) is 9.92. The molecule has 1 heterocycles. The number of thiophene rings is 1. The second-order valence-electron chi connectivity index (χ2n) is 2.61. The van der Waals surface area contributed by atoms with Crippen molar-refractivity contribution in [2.24, 2.45) is 0 Å². The molecule has 1 amide bonds. The molecule has 13 heavy (non-hydrogen) atoms. The number of hydrogen-bond donors (Lipinski definition) is 1. The van der Waals surface area contributed by atoms with E-state index in [4.69, 9.17) is 0 Å². The average molecular weight is 215 g/mol. The molecule has 0 aromatic carbocycles. The van der Waals surface area contributed by atoms with Gasteiger partial charge in [0, 0.05) is 29.9 Å². The third kappa shape index (κ3) is 4.95. The lowest BCUT2D eigenvalue weighted by Gasteiger charge is -2.00. The molecule has 0 saturated carbocycles. The maximum Gasteiger partial charge on any atom is 0.216 e. The van der Waals surface area contributed by atoms with E-state index in [9.17, 15) is 4.79 Å². The summed E-state index contributed by atoms with van der Waals surface area (Å²) in [6.07, 6.45) is 0. The summed E-state index contributed by atoms with van der Waals surface area (Å²) >= 11 is 3.63. The Morgan fingerprint density at radius 2 is 2.54 bits per heavy atom. The number of carbonyl (C=O) groups excluding carboxylic acids is 1. The van der Waals surface area contributed by atoms with Crippen LogP contribution in [0.2, 0.25) is 0 Å². The zero-order valence-electron chi connectivity index (χ0n) is 7.58. The van der Waals surface area contributed by atoms with Gasteiger partial charge in [-0.3, -0.25) is 4.79 Å². The molecule has 1 aromatic heterocycles. The molecule has 0 spiro atoms. The van der Waals surface area contributed by atoms with Gasteiger partial charge in [0.05, 0.1) is 0 Å². The molecular formula is C9H13NOS2. The molecule has 1 rings (SSSR count). The Hall–Kier alpha value is -0.480. The van der Waals surface area contributed by atoms with Crippen molar-refractivity contribution in [1.29, 1.82) is 0 Å². The maximum atomic E-state index is 10.5. The molecule has 0 saturated heterocycles. The lowest BCUT2D eigenvalue weighted by Crippen LogP contribution is -2.22. The number of carbonyl (C=O) groups is 1. The van der Waals surface area contributed by atoms with Crippen LogP contribution in [-0.4, -0.2) is 18.2 Å². The van der Waals surface area contributed by atoms with Crippen molar-refractivity contribution in [1.82, 2.24) is 5.32 Å². The zero-order valence-corrected chi connectivity index (χ0v) is 9.21. The van der Waals surface area contributed by atoms with Gasteiger partial charge in [0.15, 0.2) is 0 Å². The SMILES string of the molecule is CC(=O)NCCSCc1cccs1. The first kappa shape index (κ1) is 10.6. The van der Waals surface area contributed by atoms with Gasteiger partial charge in [-0.15, -0.1) is 11.3 Å². The highest BCUT2D eigenvalue weighted by Crippen LogP contribution is 2.16. The Morgan fingerprint density at radius 1 is 1.69 bits per heavy atom. The first-order chi connectivity index (χ1) is 6.29. The van der Waals surface area contributed by atoms with Gasteiger partial charge in [-0.2, -0.15) is 11.8 Å². The molecule has 0 fully saturated rings. The third-order valence-corrected chi connectivity index (χ3v) is 3.51. The van der Waals surface area contributed by atoms with E-state index in [1.807, 2.05) is 11.8 Å². The van der Waals surface area contributed by atoms with Crippen molar-refractivity contribution in [3.05, 3.63) is 22.4 Å². The zero-order chi connectivity index (χ0) is 9.52. The summed E-state index contributed by atoms with van der Waals surface area (Å²) in [6, 6.07) is 4.20. The van der Waals surface area contributed by atoms with Gasteiger partial charge < -0.3 is 5.32 Å². The van der Waals surface area contributed by atoms with Crippen LogP contribution in [0, 0.1) is 0 Å². The molecule has 0 unspecified atom stereocenters. The number of hydrogen-bond acceptors (Lipinski definition) is 3. The van der Waals surface area contributed by atoms with Crippen LogP contribution in [-0.2, 0) is 10.5 Å². The van der Waals surface area contributed by atoms with Crippen LogP contribution < -0.4 is 5.32 Å². The Kier molecular flexibility index (Phi) is 4.93. The van der Waals surface area contributed by atoms with Crippen LogP contribution >= 0.6 is 23.1 Å². The predicted octanol–water partition coefficient (Wildman–Crippen LogP) is 2.12. The van der Waals surface area contributed by atoms with Gasteiger partial charge in [-0.25, -0.2) is 0 Å². The molecule has 0 bridgehead atoms. The summed E-state index contributed by atoms with van der Waals surface area (Å²) in [5.74, 6) is 2.09.